The number of unbranched alkanes of at least 4 members (excludes halogenated alkanes) is 3. The highest BCUT2D eigenvalue weighted by Gasteiger charge is 2.15. The summed E-state index contributed by atoms with van der Waals surface area (Å²) in [6.45, 7) is 10.2. The van der Waals surface area contributed by atoms with Crippen LogP contribution >= 0.6 is 24.0 Å². The minimum atomic E-state index is -0.391. The second-order valence-corrected chi connectivity index (χ2v) is 7.51. The smallest absolute Gasteiger partial charge is 0.306 e. The van der Waals surface area contributed by atoms with Gasteiger partial charge >= 0.3 is 5.97 Å². The zero-order chi connectivity index (χ0) is 20.0. The van der Waals surface area contributed by atoms with Crippen LogP contribution in [-0.4, -0.2) is 42.1 Å². The molecule has 28 heavy (non-hydrogen) atoms. The van der Waals surface area contributed by atoms with Crippen molar-refractivity contribution in [2.24, 2.45) is 4.99 Å². The van der Waals surface area contributed by atoms with Crippen molar-refractivity contribution in [2.45, 2.75) is 71.8 Å². The third-order valence-corrected chi connectivity index (χ3v) is 3.72. The Kier molecular flexibility index (Phi) is 14.8. The Bertz CT molecular complexity index is 559. The highest BCUT2D eigenvalue weighted by molar-refractivity contribution is 14.0. The van der Waals surface area contributed by atoms with Crippen LogP contribution in [0.25, 0.3) is 0 Å². The molecule has 0 unspecified atom stereocenters. The maximum absolute atomic E-state index is 11.6. The highest BCUT2D eigenvalue weighted by atomic mass is 127. The van der Waals surface area contributed by atoms with E-state index in [0.29, 0.717) is 6.42 Å². The standard InChI is InChI=1S/C21H36N4O2.HI/c1-5-22-20(25-17-14-18-12-9-11-15-23-18)24-16-10-7-6-8-13-19(26)27-21(2,3)4;/h9,11-12,15H,5-8,10,13-14,16-17H2,1-4H3,(H2,22,24,25);1H. The van der Waals surface area contributed by atoms with Gasteiger partial charge in [-0.15, -0.1) is 24.0 Å². The van der Waals surface area contributed by atoms with Crippen LogP contribution in [0.5, 0.6) is 0 Å². The zero-order valence-corrected chi connectivity index (χ0v) is 20.1. The molecule has 1 aromatic heterocycles. The Morgan fingerprint density at radius 2 is 1.89 bits per heavy atom. The Morgan fingerprint density at radius 3 is 2.54 bits per heavy atom. The molecule has 0 aliphatic carbocycles. The Hall–Kier alpha value is -1.38. The van der Waals surface area contributed by atoms with E-state index in [-0.39, 0.29) is 29.9 Å². The van der Waals surface area contributed by atoms with Crippen LogP contribution in [0.1, 0.15) is 65.5 Å². The second-order valence-electron chi connectivity index (χ2n) is 7.51. The van der Waals surface area contributed by atoms with Crippen LogP contribution in [0.2, 0.25) is 0 Å². The normalized spacial score (nSPS) is 11.5. The summed E-state index contributed by atoms with van der Waals surface area (Å²) in [5, 5.41) is 6.61. The van der Waals surface area contributed by atoms with Crippen molar-refractivity contribution in [1.29, 1.82) is 0 Å². The summed E-state index contributed by atoms with van der Waals surface area (Å²) in [4.78, 5) is 20.6. The molecular formula is C21H37IN4O2. The van der Waals surface area contributed by atoms with Gasteiger partial charge in [-0.3, -0.25) is 14.8 Å². The number of carbonyl (C=O) groups excluding carboxylic acids is 1. The SMILES string of the molecule is CCNC(=NCCCCCCC(=O)OC(C)(C)C)NCCc1ccccn1.I. The van der Waals surface area contributed by atoms with E-state index >= 15 is 0 Å². The van der Waals surface area contributed by atoms with Crippen LogP contribution in [0.4, 0.5) is 0 Å². The maximum atomic E-state index is 11.6. The first-order valence-corrected chi connectivity index (χ1v) is 10.0. The zero-order valence-electron chi connectivity index (χ0n) is 17.8. The lowest BCUT2D eigenvalue weighted by atomic mass is 10.1. The molecule has 0 saturated heterocycles. The van der Waals surface area contributed by atoms with Crippen LogP contribution in [-0.2, 0) is 16.0 Å². The van der Waals surface area contributed by atoms with Crippen molar-refractivity contribution in [3.8, 4) is 0 Å². The Labute approximate surface area is 187 Å². The molecule has 7 heteroatoms. The summed E-state index contributed by atoms with van der Waals surface area (Å²) in [5.74, 6) is 0.745. The van der Waals surface area contributed by atoms with Gasteiger partial charge in [0.1, 0.15) is 5.60 Å². The molecule has 0 aliphatic rings. The number of hydrogen-bond donors (Lipinski definition) is 2. The Balaban J connectivity index is 0.00000729. The predicted molar refractivity (Wildman–Crippen MR) is 126 cm³/mol. The summed E-state index contributed by atoms with van der Waals surface area (Å²) in [7, 11) is 0. The molecule has 160 valence electrons. The van der Waals surface area contributed by atoms with Crippen LogP contribution in [0.15, 0.2) is 29.4 Å². The van der Waals surface area contributed by atoms with Crippen molar-refractivity contribution in [3.05, 3.63) is 30.1 Å². The molecule has 0 radical (unpaired) electrons. The van der Waals surface area contributed by atoms with E-state index in [9.17, 15) is 4.79 Å². The molecule has 0 fully saturated rings. The fourth-order valence-corrected chi connectivity index (χ4v) is 2.51. The summed E-state index contributed by atoms with van der Waals surface area (Å²) >= 11 is 0. The van der Waals surface area contributed by atoms with E-state index in [2.05, 4.69) is 27.5 Å². The van der Waals surface area contributed by atoms with Gasteiger partial charge in [-0.2, -0.15) is 0 Å². The van der Waals surface area contributed by atoms with Crippen molar-refractivity contribution in [3.63, 3.8) is 0 Å². The number of ether oxygens (including phenoxy) is 1. The minimum Gasteiger partial charge on any atom is -0.460 e. The average Bonchev–Trinajstić information content (AvgIpc) is 2.60. The van der Waals surface area contributed by atoms with E-state index in [1.54, 1.807) is 0 Å². The number of aromatic nitrogens is 1. The number of carbonyl (C=O) groups is 1. The van der Waals surface area contributed by atoms with Crippen molar-refractivity contribution < 1.29 is 9.53 Å². The molecular weight excluding hydrogens is 467 g/mol. The van der Waals surface area contributed by atoms with Gasteiger partial charge in [-0.1, -0.05) is 18.9 Å². The van der Waals surface area contributed by atoms with Crippen LogP contribution in [0.3, 0.4) is 0 Å². The molecule has 0 amide bonds. The fourth-order valence-electron chi connectivity index (χ4n) is 2.51. The summed E-state index contributed by atoms with van der Waals surface area (Å²) in [5.41, 5.74) is 0.684. The van der Waals surface area contributed by atoms with Gasteiger partial charge in [-0.05, 0) is 52.7 Å². The van der Waals surface area contributed by atoms with E-state index in [4.69, 9.17) is 4.74 Å². The predicted octanol–water partition coefficient (Wildman–Crippen LogP) is 4.09. The van der Waals surface area contributed by atoms with Crippen molar-refractivity contribution in [1.82, 2.24) is 15.6 Å². The van der Waals surface area contributed by atoms with E-state index in [0.717, 1.165) is 63.4 Å². The topological polar surface area (TPSA) is 75.6 Å². The lowest BCUT2D eigenvalue weighted by Gasteiger charge is -2.19. The molecule has 1 aromatic rings. The largest absolute Gasteiger partial charge is 0.460 e. The molecule has 0 saturated carbocycles. The molecule has 0 spiro atoms. The molecule has 0 aromatic carbocycles. The van der Waals surface area contributed by atoms with Crippen LogP contribution < -0.4 is 10.6 Å². The van der Waals surface area contributed by atoms with Gasteiger partial charge in [0.2, 0.25) is 0 Å². The number of rotatable bonds is 11. The first kappa shape index (κ1) is 26.6. The third kappa shape index (κ3) is 14.6. The molecule has 2 N–H and O–H groups in total. The van der Waals surface area contributed by atoms with E-state index in [1.807, 2.05) is 45.2 Å². The number of pyridine rings is 1. The number of halogens is 1. The number of nitrogens with one attached hydrogen (secondary N) is 2. The van der Waals surface area contributed by atoms with Gasteiger partial charge < -0.3 is 15.4 Å². The lowest BCUT2D eigenvalue weighted by molar-refractivity contribution is -0.154. The quantitative estimate of drug-likeness (QED) is 0.156. The summed E-state index contributed by atoms with van der Waals surface area (Å²) < 4.78 is 5.31. The minimum absolute atomic E-state index is 0. The van der Waals surface area contributed by atoms with Gasteiger partial charge in [0.25, 0.3) is 0 Å². The molecule has 0 bridgehead atoms. The van der Waals surface area contributed by atoms with Gasteiger partial charge in [0.05, 0.1) is 0 Å². The molecule has 6 nitrogen and oxygen atoms in total. The highest BCUT2D eigenvalue weighted by Crippen LogP contribution is 2.11. The third-order valence-electron chi connectivity index (χ3n) is 3.72. The molecule has 0 aliphatic heterocycles. The summed E-state index contributed by atoms with van der Waals surface area (Å²) in [6.07, 6.45) is 7.18. The lowest BCUT2D eigenvalue weighted by Crippen LogP contribution is -2.38. The average molecular weight is 504 g/mol. The summed E-state index contributed by atoms with van der Waals surface area (Å²) in [6, 6.07) is 5.96. The van der Waals surface area contributed by atoms with Crippen molar-refractivity contribution in [2.75, 3.05) is 19.6 Å². The first-order chi connectivity index (χ1) is 12.9. The first-order valence-electron chi connectivity index (χ1n) is 10.0. The van der Waals surface area contributed by atoms with Gasteiger partial charge in [-0.25, -0.2) is 0 Å². The number of aliphatic imine (C=N–C) groups is 1. The monoisotopic (exact) mass is 504 g/mol. The number of hydrogen-bond acceptors (Lipinski definition) is 4. The number of esters is 1. The van der Waals surface area contributed by atoms with E-state index < -0.39 is 5.60 Å². The van der Waals surface area contributed by atoms with Gasteiger partial charge in [0, 0.05) is 44.4 Å². The molecule has 1 heterocycles. The number of nitrogens with zero attached hydrogens (tertiary/aromatic N) is 2. The molecule has 1 rings (SSSR count). The van der Waals surface area contributed by atoms with E-state index in [1.165, 1.54) is 0 Å². The van der Waals surface area contributed by atoms with Crippen molar-refractivity contribution >= 4 is 35.9 Å². The number of guanidine groups is 1. The maximum Gasteiger partial charge on any atom is 0.306 e. The second kappa shape index (κ2) is 15.5. The Morgan fingerprint density at radius 1 is 1.14 bits per heavy atom. The fraction of sp³-hybridized carbons (Fsp3) is 0.667. The van der Waals surface area contributed by atoms with Crippen LogP contribution in [0, 0.1) is 0 Å². The molecule has 0 atom stereocenters. The van der Waals surface area contributed by atoms with Gasteiger partial charge in [0.15, 0.2) is 5.96 Å².